The zero-order valence-corrected chi connectivity index (χ0v) is 12.0. The summed E-state index contributed by atoms with van der Waals surface area (Å²) in [6.45, 7) is 0. The predicted molar refractivity (Wildman–Crippen MR) is 80.5 cm³/mol. The fourth-order valence-electron chi connectivity index (χ4n) is 1.48. The van der Waals surface area contributed by atoms with Gasteiger partial charge in [0.25, 0.3) is 0 Å². The first kappa shape index (κ1) is 15.5. The highest BCUT2D eigenvalue weighted by Gasteiger charge is 2.31. The van der Waals surface area contributed by atoms with Crippen LogP contribution in [-0.4, -0.2) is 10.1 Å². The molecule has 0 unspecified atom stereocenters. The van der Waals surface area contributed by atoms with Crippen molar-refractivity contribution < 1.29 is 13.2 Å². The standard InChI is InChI=1S/C13H9ClF3N3S/c14-10-6-8(13(15,16)17)7-18-11(10)20-12(21)19-9-4-2-1-3-5-9/h1-7H,(H2,18,19,20,21). The van der Waals surface area contributed by atoms with Gasteiger partial charge in [0, 0.05) is 11.9 Å². The zero-order chi connectivity index (χ0) is 15.5. The molecule has 1 aromatic carbocycles. The number of benzene rings is 1. The number of pyridine rings is 1. The van der Waals surface area contributed by atoms with E-state index < -0.39 is 11.7 Å². The number of hydrogen-bond donors (Lipinski definition) is 2. The summed E-state index contributed by atoms with van der Waals surface area (Å²) >= 11 is 10.8. The van der Waals surface area contributed by atoms with E-state index in [1.54, 1.807) is 12.1 Å². The molecule has 21 heavy (non-hydrogen) atoms. The minimum Gasteiger partial charge on any atom is -0.332 e. The summed E-state index contributed by atoms with van der Waals surface area (Å²) in [5.41, 5.74) is -0.182. The summed E-state index contributed by atoms with van der Waals surface area (Å²) in [4.78, 5) is 3.64. The topological polar surface area (TPSA) is 37.0 Å². The average molecular weight is 332 g/mol. The second-order valence-electron chi connectivity index (χ2n) is 4.00. The van der Waals surface area contributed by atoms with Crippen LogP contribution in [0.25, 0.3) is 0 Å². The minimum atomic E-state index is -4.49. The van der Waals surface area contributed by atoms with E-state index in [0.717, 1.165) is 11.8 Å². The smallest absolute Gasteiger partial charge is 0.332 e. The molecule has 0 aliphatic rings. The van der Waals surface area contributed by atoms with Gasteiger partial charge in [-0.25, -0.2) is 4.98 Å². The lowest BCUT2D eigenvalue weighted by Gasteiger charge is -2.12. The van der Waals surface area contributed by atoms with Crippen molar-refractivity contribution in [3.8, 4) is 0 Å². The van der Waals surface area contributed by atoms with Crippen molar-refractivity contribution in [1.82, 2.24) is 4.98 Å². The third-order valence-electron chi connectivity index (χ3n) is 2.43. The monoisotopic (exact) mass is 331 g/mol. The molecule has 0 bridgehead atoms. The summed E-state index contributed by atoms with van der Waals surface area (Å²) in [7, 11) is 0. The first-order chi connectivity index (χ1) is 9.86. The van der Waals surface area contributed by atoms with Crippen molar-refractivity contribution in [3.63, 3.8) is 0 Å². The zero-order valence-electron chi connectivity index (χ0n) is 10.4. The van der Waals surface area contributed by atoms with Crippen LogP contribution in [0.15, 0.2) is 42.6 Å². The molecule has 2 N–H and O–H groups in total. The molecule has 3 nitrogen and oxygen atoms in total. The molecule has 0 aliphatic carbocycles. The van der Waals surface area contributed by atoms with E-state index in [4.69, 9.17) is 23.8 Å². The number of para-hydroxylation sites is 1. The first-order valence-corrected chi connectivity index (χ1v) is 6.50. The van der Waals surface area contributed by atoms with Crippen molar-refractivity contribution in [3.05, 3.63) is 53.2 Å². The second kappa shape index (κ2) is 6.28. The quantitative estimate of drug-likeness (QED) is 0.791. The van der Waals surface area contributed by atoms with Crippen LogP contribution in [0.5, 0.6) is 0 Å². The van der Waals surface area contributed by atoms with Crippen LogP contribution in [0.3, 0.4) is 0 Å². The third-order valence-corrected chi connectivity index (χ3v) is 2.92. The molecule has 0 aliphatic heterocycles. The van der Waals surface area contributed by atoms with Crippen LogP contribution in [-0.2, 0) is 6.18 Å². The lowest BCUT2D eigenvalue weighted by atomic mass is 10.3. The van der Waals surface area contributed by atoms with Gasteiger partial charge in [0.15, 0.2) is 10.9 Å². The van der Waals surface area contributed by atoms with Gasteiger partial charge in [0.05, 0.1) is 10.6 Å². The number of alkyl halides is 3. The molecule has 2 rings (SSSR count). The van der Waals surface area contributed by atoms with Gasteiger partial charge in [-0.2, -0.15) is 13.2 Å². The molecule has 0 spiro atoms. The summed E-state index contributed by atoms with van der Waals surface area (Å²) in [6.07, 6.45) is -3.79. The molecule has 0 radical (unpaired) electrons. The molecule has 0 saturated carbocycles. The number of thiocarbonyl (C=S) groups is 1. The molecule has 2 aromatic rings. The molecular formula is C13H9ClF3N3S. The minimum absolute atomic E-state index is 0.0538. The van der Waals surface area contributed by atoms with E-state index in [0.29, 0.717) is 6.20 Å². The SMILES string of the molecule is FC(F)(F)c1cnc(NC(=S)Nc2ccccc2)c(Cl)c1. The third kappa shape index (κ3) is 4.30. The van der Waals surface area contributed by atoms with Crippen molar-refractivity contribution in [2.45, 2.75) is 6.18 Å². The van der Waals surface area contributed by atoms with Gasteiger partial charge in [-0.05, 0) is 30.4 Å². The van der Waals surface area contributed by atoms with Crippen molar-refractivity contribution in [2.75, 3.05) is 10.6 Å². The Hall–Kier alpha value is -1.86. The van der Waals surface area contributed by atoms with E-state index in [9.17, 15) is 13.2 Å². The highest BCUT2D eigenvalue weighted by atomic mass is 35.5. The van der Waals surface area contributed by atoms with E-state index in [1.807, 2.05) is 18.2 Å². The molecule has 0 atom stereocenters. The Morgan fingerprint density at radius 1 is 1.14 bits per heavy atom. The molecule has 8 heteroatoms. The Labute approximate surface area is 129 Å². The van der Waals surface area contributed by atoms with Crippen molar-refractivity contribution in [2.24, 2.45) is 0 Å². The number of anilines is 2. The van der Waals surface area contributed by atoms with Gasteiger partial charge < -0.3 is 10.6 Å². The van der Waals surface area contributed by atoms with Crippen LogP contribution < -0.4 is 10.6 Å². The highest BCUT2D eigenvalue weighted by Crippen LogP contribution is 2.32. The maximum absolute atomic E-state index is 12.5. The molecule has 0 fully saturated rings. The average Bonchev–Trinajstić information content (AvgIpc) is 2.41. The maximum Gasteiger partial charge on any atom is 0.417 e. The van der Waals surface area contributed by atoms with Gasteiger partial charge in [0.1, 0.15) is 0 Å². The van der Waals surface area contributed by atoms with Gasteiger partial charge in [-0.15, -0.1) is 0 Å². The predicted octanol–water partition coefficient (Wildman–Crippen LogP) is 4.56. The Balaban J connectivity index is 2.08. The second-order valence-corrected chi connectivity index (χ2v) is 4.81. The van der Waals surface area contributed by atoms with E-state index in [-0.39, 0.29) is 16.0 Å². The maximum atomic E-state index is 12.5. The van der Waals surface area contributed by atoms with Gasteiger partial charge in [-0.1, -0.05) is 29.8 Å². The van der Waals surface area contributed by atoms with E-state index in [1.165, 1.54) is 0 Å². The molecule has 0 saturated heterocycles. The lowest BCUT2D eigenvalue weighted by molar-refractivity contribution is -0.137. The number of hydrogen-bond acceptors (Lipinski definition) is 2. The van der Waals surface area contributed by atoms with E-state index >= 15 is 0 Å². The summed E-state index contributed by atoms with van der Waals surface area (Å²) in [5, 5.41) is 5.52. The Kier molecular flexibility index (Phi) is 4.64. The molecule has 0 amide bonds. The summed E-state index contributed by atoms with van der Waals surface area (Å²) in [6, 6.07) is 9.84. The van der Waals surface area contributed by atoms with Crippen LogP contribution in [0.1, 0.15) is 5.56 Å². The lowest BCUT2D eigenvalue weighted by Crippen LogP contribution is -2.20. The summed E-state index contributed by atoms with van der Waals surface area (Å²) < 4.78 is 37.5. The Morgan fingerprint density at radius 2 is 1.81 bits per heavy atom. The first-order valence-electron chi connectivity index (χ1n) is 5.72. The van der Waals surface area contributed by atoms with Gasteiger partial charge in [-0.3, -0.25) is 0 Å². The van der Waals surface area contributed by atoms with Gasteiger partial charge in [0.2, 0.25) is 0 Å². The van der Waals surface area contributed by atoms with Crippen LogP contribution in [0, 0.1) is 0 Å². The van der Waals surface area contributed by atoms with Crippen molar-refractivity contribution >= 4 is 40.4 Å². The fraction of sp³-hybridized carbons (Fsp3) is 0.0769. The number of aromatic nitrogens is 1. The van der Waals surface area contributed by atoms with Crippen LogP contribution in [0.4, 0.5) is 24.7 Å². The number of nitrogens with zero attached hydrogens (tertiary/aromatic N) is 1. The van der Waals surface area contributed by atoms with E-state index in [2.05, 4.69) is 15.6 Å². The van der Waals surface area contributed by atoms with Crippen LogP contribution in [0.2, 0.25) is 5.02 Å². The number of nitrogens with one attached hydrogen (secondary N) is 2. The number of halogens is 4. The van der Waals surface area contributed by atoms with Crippen LogP contribution >= 0.6 is 23.8 Å². The molecule has 110 valence electrons. The number of rotatable bonds is 2. The fourth-order valence-corrected chi connectivity index (χ4v) is 1.90. The van der Waals surface area contributed by atoms with Gasteiger partial charge >= 0.3 is 6.18 Å². The Bertz CT molecular complexity index is 647. The largest absolute Gasteiger partial charge is 0.417 e. The highest BCUT2D eigenvalue weighted by molar-refractivity contribution is 7.80. The van der Waals surface area contributed by atoms with Crippen molar-refractivity contribution in [1.29, 1.82) is 0 Å². The normalized spacial score (nSPS) is 11.0. The molecular weight excluding hydrogens is 323 g/mol. The molecule has 1 heterocycles. The summed E-state index contributed by atoms with van der Waals surface area (Å²) in [5.74, 6) is 0.0538. The Morgan fingerprint density at radius 3 is 2.38 bits per heavy atom. The molecule has 1 aromatic heterocycles.